The van der Waals surface area contributed by atoms with E-state index in [-0.39, 0.29) is 17.4 Å². The topological polar surface area (TPSA) is 79.0 Å². The van der Waals surface area contributed by atoms with Gasteiger partial charge in [-0.25, -0.2) is 9.69 Å². The number of hydrogen-bond donors (Lipinski definition) is 1. The number of carbonyl (C=O) groups is 3. The summed E-state index contributed by atoms with van der Waals surface area (Å²) < 4.78 is 5.95. The normalized spacial score (nSPS) is 19.3. The molecule has 1 N–H and O–H groups in total. The van der Waals surface area contributed by atoms with E-state index in [0.29, 0.717) is 23.6 Å². The van der Waals surface area contributed by atoms with Crippen LogP contribution < -0.4 is 19.9 Å². The van der Waals surface area contributed by atoms with Gasteiger partial charge in [0.15, 0.2) is 0 Å². The van der Waals surface area contributed by atoms with E-state index in [2.05, 4.69) is 58.7 Å². The van der Waals surface area contributed by atoms with Gasteiger partial charge in [0, 0.05) is 30.6 Å². The lowest BCUT2D eigenvalue weighted by Gasteiger charge is -2.44. The molecule has 0 saturated carbocycles. The Balaban J connectivity index is 1.15. The number of rotatable bonds is 7. The number of aryl methyl sites for hydroxylation is 1. The number of ether oxygens (including phenoxy) is 1. The van der Waals surface area contributed by atoms with E-state index in [1.54, 1.807) is 12.1 Å². The summed E-state index contributed by atoms with van der Waals surface area (Å²) >= 11 is 0. The molecule has 2 atom stereocenters. The second kappa shape index (κ2) is 13.2. The van der Waals surface area contributed by atoms with Crippen molar-refractivity contribution >= 4 is 35.3 Å². The van der Waals surface area contributed by atoms with Crippen LogP contribution in [0.5, 0.6) is 5.75 Å². The average molecular weight is 660 g/mol. The molecule has 0 aromatic heterocycles. The Morgan fingerprint density at radius 3 is 1.90 bits per heavy atom. The molecule has 5 aromatic rings. The number of nitrogens with one attached hydrogen (secondary N) is 1. The second-order valence-electron chi connectivity index (χ2n) is 13.3. The first kappa shape index (κ1) is 31.3. The number of amides is 4. The van der Waals surface area contributed by atoms with Crippen LogP contribution in [-0.2, 0) is 16.2 Å². The molecule has 3 aliphatic rings. The summed E-state index contributed by atoms with van der Waals surface area (Å²) in [5.41, 5.74) is 9.03. The van der Waals surface area contributed by atoms with Crippen LogP contribution in [0.2, 0.25) is 0 Å². The Bertz CT molecular complexity index is 2040. The molecule has 8 rings (SSSR count). The van der Waals surface area contributed by atoms with Gasteiger partial charge >= 0.3 is 6.03 Å². The number of nitrogens with zero attached hydrogens (tertiary/aromatic N) is 2. The Morgan fingerprint density at radius 1 is 0.740 bits per heavy atom. The molecule has 0 aliphatic carbocycles. The fraction of sp³-hybridized carbons (Fsp3) is 0.186. The van der Waals surface area contributed by atoms with Gasteiger partial charge in [-0.15, -0.1) is 0 Å². The summed E-state index contributed by atoms with van der Waals surface area (Å²) in [5, 5.41) is 2.43. The predicted molar refractivity (Wildman–Crippen MR) is 195 cm³/mol. The van der Waals surface area contributed by atoms with Crippen LogP contribution >= 0.6 is 0 Å². The second-order valence-corrected chi connectivity index (χ2v) is 13.3. The predicted octanol–water partition coefficient (Wildman–Crippen LogP) is 8.12. The van der Waals surface area contributed by atoms with Crippen molar-refractivity contribution in [3.8, 4) is 5.75 Å². The van der Waals surface area contributed by atoms with Gasteiger partial charge in [-0.2, -0.15) is 0 Å². The Labute approximate surface area is 291 Å². The van der Waals surface area contributed by atoms with Crippen molar-refractivity contribution in [2.45, 2.75) is 38.2 Å². The molecule has 0 bridgehead atoms. The number of hydrogen-bond acceptors (Lipinski definition) is 5. The average Bonchev–Trinajstić information content (AvgIpc) is 3.14. The molecule has 7 nitrogen and oxygen atoms in total. The zero-order valence-electron chi connectivity index (χ0n) is 27.8. The standard InChI is InChI=1S/C43H37N3O4/c1-28-12-14-30(15-13-28)27-50-34-18-16-29(17-19-34)24-39-41(47)44-43(49)46(42(39)48)33-25-37-35(31-8-4-2-5-9-31)20-22-45-23-21-36(38(26-33)40(37)45)32-10-6-3-7-11-32/h2-19,24-26,35-36H,20-23,27H2,1H3,(H,44,47,49)/b39-24+/t35-,36-/m0/s1. The minimum atomic E-state index is -0.750. The number of barbiturate groups is 1. The molecule has 0 spiro atoms. The van der Waals surface area contributed by atoms with Crippen LogP contribution in [0, 0.1) is 6.92 Å². The highest BCUT2D eigenvalue weighted by molar-refractivity contribution is 6.39. The zero-order valence-corrected chi connectivity index (χ0v) is 27.8. The van der Waals surface area contributed by atoms with E-state index < -0.39 is 17.8 Å². The van der Waals surface area contributed by atoms with Gasteiger partial charge in [0.2, 0.25) is 0 Å². The number of carbonyl (C=O) groups excluding carboxylic acids is 3. The van der Waals surface area contributed by atoms with Gasteiger partial charge in [0.1, 0.15) is 17.9 Å². The van der Waals surface area contributed by atoms with Crippen LogP contribution in [0.3, 0.4) is 0 Å². The molecular weight excluding hydrogens is 622 g/mol. The summed E-state index contributed by atoms with van der Waals surface area (Å²) in [6.45, 7) is 4.33. The van der Waals surface area contributed by atoms with Crippen LogP contribution in [0.15, 0.2) is 127 Å². The summed E-state index contributed by atoms with van der Waals surface area (Å²) in [4.78, 5) is 44.5. The molecule has 1 fully saturated rings. The van der Waals surface area contributed by atoms with Crippen molar-refractivity contribution in [3.05, 3.63) is 166 Å². The Morgan fingerprint density at radius 2 is 1.32 bits per heavy atom. The minimum Gasteiger partial charge on any atom is -0.489 e. The van der Waals surface area contributed by atoms with E-state index in [0.717, 1.165) is 47.5 Å². The van der Waals surface area contributed by atoms with Crippen molar-refractivity contribution in [1.29, 1.82) is 0 Å². The first-order chi connectivity index (χ1) is 24.4. The summed E-state index contributed by atoms with van der Waals surface area (Å²) in [6, 6.07) is 39.4. The fourth-order valence-electron chi connectivity index (χ4n) is 7.54. The van der Waals surface area contributed by atoms with Crippen molar-refractivity contribution in [2.75, 3.05) is 22.9 Å². The van der Waals surface area contributed by atoms with Crippen LogP contribution in [0.1, 0.15) is 63.6 Å². The van der Waals surface area contributed by atoms with Gasteiger partial charge < -0.3 is 9.64 Å². The number of benzene rings is 5. The lowest BCUT2D eigenvalue weighted by molar-refractivity contribution is -0.122. The maximum atomic E-state index is 14.2. The van der Waals surface area contributed by atoms with Crippen molar-refractivity contribution in [2.24, 2.45) is 0 Å². The lowest BCUT2D eigenvalue weighted by atomic mass is 9.76. The molecular formula is C43H37N3O4. The van der Waals surface area contributed by atoms with Gasteiger partial charge in [0.05, 0.1) is 5.69 Å². The molecule has 1 saturated heterocycles. The van der Waals surface area contributed by atoms with E-state index in [9.17, 15) is 14.4 Å². The third-order valence-electron chi connectivity index (χ3n) is 10.1. The molecule has 3 aliphatic heterocycles. The summed E-state index contributed by atoms with van der Waals surface area (Å²) in [6.07, 6.45) is 3.37. The van der Waals surface area contributed by atoms with E-state index in [4.69, 9.17) is 4.74 Å². The van der Waals surface area contributed by atoms with Crippen LogP contribution in [0.25, 0.3) is 6.08 Å². The van der Waals surface area contributed by atoms with Crippen molar-refractivity contribution in [3.63, 3.8) is 0 Å². The fourth-order valence-corrected chi connectivity index (χ4v) is 7.54. The molecule has 4 amide bonds. The van der Waals surface area contributed by atoms with Gasteiger partial charge in [-0.05, 0) is 83.5 Å². The van der Waals surface area contributed by atoms with E-state index in [1.165, 1.54) is 28.5 Å². The molecule has 5 aromatic carbocycles. The third kappa shape index (κ3) is 5.96. The summed E-state index contributed by atoms with van der Waals surface area (Å²) in [5.74, 6) is -0.502. The molecule has 0 radical (unpaired) electrons. The molecule has 50 heavy (non-hydrogen) atoms. The van der Waals surface area contributed by atoms with Gasteiger partial charge in [-0.3, -0.25) is 14.9 Å². The first-order valence-electron chi connectivity index (χ1n) is 17.2. The van der Waals surface area contributed by atoms with Gasteiger partial charge in [-0.1, -0.05) is 103 Å². The molecule has 3 heterocycles. The van der Waals surface area contributed by atoms with Crippen molar-refractivity contribution < 1.29 is 19.1 Å². The first-order valence-corrected chi connectivity index (χ1v) is 17.2. The number of urea groups is 1. The van der Waals surface area contributed by atoms with E-state index >= 15 is 0 Å². The molecule has 0 unspecified atom stereocenters. The molecule has 248 valence electrons. The van der Waals surface area contributed by atoms with Crippen LogP contribution in [-0.4, -0.2) is 30.9 Å². The SMILES string of the molecule is Cc1ccc(COc2ccc(/C=C3\C(=O)NC(=O)N(c4cc5c6c(c4)[C@H](c4ccccc4)CCN6CC[C@H]5c4ccccc4)C3=O)cc2)cc1. The number of anilines is 2. The largest absolute Gasteiger partial charge is 0.489 e. The maximum absolute atomic E-state index is 14.2. The highest BCUT2D eigenvalue weighted by atomic mass is 16.5. The molecule has 7 heteroatoms. The smallest absolute Gasteiger partial charge is 0.335 e. The highest BCUT2D eigenvalue weighted by Crippen LogP contribution is 2.50. The summed E-state index contributed by atoms with van der Waals surface area (Å²) in [7, 11) is 0. The van der Waals surface area contributed by atoms with Gasteiger partial charge in [0.25, 0.3) is 11.8 Å². The zero-order chi connectivity index (χ0) is 34.2. The highest BCUT2D eigenvalue weighted by Gasteiger charge is 2.40. The maximum Gasteiger partial charge on any atom is 0.335 e. The monoisotopic (exact) mass is 659 g/mol. The quantitative estimate of drug-likeness (QED) is 0.141. The minimum absolute atomic E-state index is 0.0991. The van der Waals surface area contributed by atoms with Crippen molar-refractivity contribution in [1.82, 2.24) is 5.32 Å². The van der Waals surface area contributed by atoms with Crippen LogP contribution in [0.4, 0.5) is 16.2 Å². The van der Waals surface area contributed by atoms with E-state index in [1.807, 2.05) is 67.6 Å². The Hall–Kier alpha value is -5.95. The number of imide groups is 2. The third-order valence-corrected chi connectivity index (χ3v) is 10.1. The lowest BCUT2D eigenvalue weighted by Crippen LogP contribution is -2.54. The Kier molecular flexibility index (Phi) is 8.25.